The van der Waals surface area contributed by atoms with Gasteiger partial charge in [-0.25, -0.2) is 18.2 Å². The van der Waals surface area contributed by atoms with Crippen LogP contribution in [0.3, 0.4) is 0 Å². The molecule has 2 heterocycles. The lowest BCUT2D eigenvalue weighted by molar-refractivity contribution is 0.0697. The van der Waals surface area contributed by atoms with Crippen LogP contribution in [0.15, 0.2) is 47.5 Å². The number of carboxylic acid groups (broad SMARTS) is 1. The number of aromatic nitrogens is 1. The third kappa shape index (κ3) is 4.04. The largest absolute Gasteiger partial charge is 0.494 e. The number of benzene rings is 1. The fraction of sp³-hybridized carbons (Fsp3) is 0.333. The van der Waals surface area contributed by atoms with Crippen LogP contribution in [-0.4, -0.2) is 61.6 Å². The maximum atomic E-state index is 12.8. The van der Waals surface area contributed by atoms with Crippen molar-refractivity contribution in [1.82, 2.24) is 9.29 Å². The standard InChI is InChI=1S/C18H21N3O5S/c1-2-26-14-5-7-15(8-6-14)27(24,25)21-12-10-20(11-13-21)17-16(18(22)23)4-3-9-19-17/h3-9H,2,10-13H2,1H3,(H,22,23). The zero-order chi connectivity index (χ0) is 19.4. The Morgan fingerprint density at radius 1 is 1.15 bits per heavy atom. The lowest BCUT2D eigenvalue weighted by Gasteiger charge is -2.35. The molecular formula is C18H21N3O5S. The molecular weight excluding hydrogens is 370 g/mol. The molecule has 144 valence electrons. The number of pyridine rings is 1. The summed E-state index contributed by atoms with van der Waals surface area (Å²) in [7, 11) is -3.61. The molecule has 2 aromatic rings. The number of carbonyl (C=O) groups is 1. The van der Waals surface area contributed by atoms with Gasteiger partial charge in [0.25, 0.3) is 0 Å². The molecule has 1 aromatic heterocycles. The number of rotatable bonds is 6. The van der Waals surface area contributed by atoms with E-state index in [9.17, 15) is 18.3 Å². The van der Waals surface area contributed by atoms with Crippen molar-refractivity contribution >= 4 is 21.8 Å². The highest BCUT2D eigenvalue weighted by molar-refractivity contribution is 7.89. The van der Waals surface area contributed by atoms with Crippen LogP contribution in [0.4, 0.5) is 5.82 Å². The zero-order valence-corrected chi connectivity index (χ0v) is 15.7. The second kappa shape index (κ2) is 7.93. The van der Waals surface area contributed by atoms with E-state index in [1.165, 1.54) is 28.7 Å². The number of aromatic carboxylic acids is 1. The molecule has 1 aliphatic heterocycles. The van der Waals surface area contributed by atoms with E-state index in [-0.39, 0.29) is 23.5 Å². The topological polar surface area (TPSA) is 100 Å². The van der Waals surface area contributed by atoms with Crippen LogP contribution < -0.4 is 9.64 Å². The van der Waals surface area contributed by atoms with Crippen molar-refractivity contribution in [2.45, 2.75) is 11.8 Å². The summed E-state index contributed by atoms with van der Waals surface area (Å²) in [6.45, 7) is 3.62. The molecule has 8 nitrogen and oxygen atoms in total. The molecule has 1 fully saturated rings. The summed E-state index contributed by atoms with van der Waals surface area (Å²) in [6, 6.07) is 9.41. The van der Waals surface area contributed by atoms with Crippen molar-refractivity contribution in [1.29, 1.82) is 0 Å². The van der Waals surface area contributed by atoms with E-state index in [1.807, 2.05) is 6.92 Å². The van der Waals surface area contributed by atoms with Crippen LogP contribution in [0, 0.1) is 0 Å². The van der Waals surface area contributed by atoms with Gasteiger partial charge in [0.15, 0.2) is 0 Å². The maximum absolute atomic E-state index is 12.8. The Morgan fingerprint density at radius 2 is 1.81 bits per heavy atom. The Hall–Kier alpha value is -2.65. The number of hydrogen-bond acceptors (Lipinski definition) is 6. The lowest BCUT2D eigenvalue weighted by atomic mass is 10.2. The predicted octanol–water partition coefficient (Wildman–Crippen LogP) is 1.69. The average Bonchev–Trinajstić information content (AvgIpc) is 2.69. The Balaban J connectivity index is 1.72. The first kappa shape index (κ1) is 19.1. The summed E-state index contributed by atoms with van der Waals surface area (Å²) in [4.78, 5) is 17.5. The molecule has 0 aliphatic carbocycles. The molecule has 0 saturated carbocycles. The molecule has 0 atom stereocenters. The van der Waals surface area contributed by atoms with Gasteiger partial charge < -0.3 is 14.7 Å². The van der Waals surface area contributed by atoms with Crippen molar-refractivity contribution < 1.29 is 23.1 Å². The summed E-state index contributed by atoms with van der Waals surface area (Å²) in [6.07, 6.45) is 1.53. The molecule has 0 spiro atoms. The van der Waals surface area contributed by atoms with E-state index in [2.05, 4.69) is 4.98 Å². The van der Waals surface area contributed by atoms with Gasteiger partial charge in [0.1, 0.15) is 17.1 Å². The smallest absolute Gasteiger partial charge is 0.339 e. The molecule has 0 amide bonds. The van der Waals surface area contributed by atoms with Crippen molar-refractivity contribution in [3.63, 3.8) is 0 Å². The molecule has 0 unspecified atom stereocenters. The van der Waals surface area contributed by atoms with Crippen molar-refractivity contribution in [3.8, 4) is 5.75 Å². The Bertz CT molecular complexity index is 907. The number of sulfonamides is 1. The third-order valence-corrected chi connectivity index (χ3v) is 6.24. The highest BCUT2D eigenvalue weighted by Gasteiger charge is 2.30. The lowest BCUT2D eigenvalue weighted by Crippen LogP contribution is -2.49. The number of hydrogen-bond donors (Lipinski definition) is 1. The van der Waals surface area contributed by atoms with Crippen LogP contribution in [0.25, 0.3) is 0 Å². The second-order valence-electron chi connectivity index (χ2n) is 5.98. The summed E-state index contributed by atoms with van der Waals surface area (Å²) in [5, 5.41) is 9.30. The summed E-state index contributed by atoms with van der Waals surface area (Å²) < 4.78 is 32.4. The molecule has 3 rings (SSSR count). The van der Waals surface area contributed by atoms with Gasteiger partial charge in [-0.1, -0.05) is 0 Å². The Labute approximate surface area is 158 Å². The maximum Gasteiger partial charge on any atom is 0.339 e. The van der Waals surface area contributed by atoms with Gasteiger partial charge in [0, 0.05) is 32.4 Å². The van der Waals surface area contributed by atoms with Crippen LogP contribution in [0.1, 0.15) is 17.3 Å². The molecule has 9 heteroatoms. The summed E-state index contributed by atoms with van der Waals surface area (Å²) in [5.41, 5.74) is 0.111. The Morgan fingerprint density at radius 3 is 2.41 bits per heavy atom. The first-order valence-corrected chi connectivity index (χ1v) is 10.0. The molecule has 1 N–H and O–H groups in total. The monoisotopic (exact) mass is 391 g/mol. The first-order chi connectivity index (χ1) is 12.9. The van der Waals surface area contributed by atoms with Crippen molar-refractivity contribution in [3.05, 3.63) is 48.2 Å². The van der Waals surface area contributed by atoms with Gasteiger partial charge in [-0.05, 0) is 43.3 Å². The number of piperazine rings is 1. The van der Waals surface area contributed by atoms with Crippen molar-refractivity contribution in [2.24, 2.45) is 0 Å². The zero-order valence-electron chi connectivity index (χ0n) is 14.9. The van der Waals surface area contributed by atoms with Gasteiger partial charge in [-0.2, -0.15) is 4.31 Å². The average molecular weight is 391 g/mol. The summed E-state index contributed by atoms with van der Waals surface area (Å²) >= 11 is 0. The highest BCUT2D eigenvalue weighted by Crippen LogP contribution is 2.23. The molecule has 0 radical (unpaired) electrons. The molecule has 1 aliphatic rings. The SMILES string of the molecule is CCOc1ccc(S(=O)(=O)N2CCN(c3ncccc3C(=O)O)CC2)cc1. The van der Waals surface area contributed by atoms with E-state index >= 15 is 0 Å². The third-order valence-electron chi connectivity index (χ3n) is 4.33. The van der Waals surface area contributed by atoms with Gasteiger partial charge in [0.2, 0.25) is 10.0 Å². The quantitative estimate of drug-likeness (QED) is 0.800. The van der Waals surface area contributed by atoms with Crippen LogP contribution in [0.5, 0.6) is 5.75 Å². The molecule has 1 saturated heterocycles. The van der Waals surface area contributed by atoms with Crippen LogP contribution >= 0.6 is 0 Å². The highest BCUT2D eigenvalue weighted by atomic mass is 32.2. The number of carboxylic acids is 1. The number of ether oxygens (including phenoxy) is 1. The van der Waals surface area contributed by atoms with Gasteiger partial charge in [0.05, 0.1) is 11.5 Å². The molecule has 0 bridgehead atoms. The van der Waals surface area contributed by atoms with E-state index < -0.39 is 16.0 Å². The molecule has 1 aromatic carbocycles. The number of nitrogens with zero attached hydrogens (tertiary/aromatic N) is 3. The predicted molar refractivity (Wildman–Crippen MR) is 99.8 cm³/mol. The normalized spacial score (nSPS) is 15.5. The molecule has 27 heavy (non-hydrogen) atoms. The van der Waals surface area contributed by atoms with Gasteiger partial charge in [-0.15, -0.1) is 0 Å². The summed E-state index contributed by atoms with van der Waals surface area (Å²) in [5.74, 6) is -0.0664. The van der Waals surface area contributed by atoms with Gasteiger partial charge >= 0.3 is 5.97 Å². The van der Waals surface area contributed by atoms with E-state index in [4.69, 9.17) is 4.74 Å². The van der Waals surface area contributed by atoms with E-state index in [0.29, 0.717) is 31.3 Å². The minimum Gasteiger partial charge on any atom is -0.494 e. The fourth-order valence-corrected chi connectivity index (χ4v) is 4.40. The van der Waals surface area contributed by atoms with Crippen LogP contribution in [-0.2, 0) is 10.0 Å². The minimum absolute atomic E-state index is 0.111. The second-order valence-corrected chi connectivity index (χ2v) is 7.91. The fourth-order valence-electron chi connectivity index (χ4n) is 2.98. The number of anilines is 1. The van der Waals surface area contributed by atoms with E-state index in [1.54, 1.807) is 23.1 Å². The Kier molecular flexibility index (Phi) is 5.62. The first-order valence-electron chi connectivity index (χ1n) is 8.59. The van der Waals surface area contributed by atoms with E-state index in [0.717, 1.165) is 0 Å². The minimum atomic E-state index is -3.61. The van der Waals surface area contributed by atoms with Crippen LogP contribution in [0.2, 0.25) is 0 Å². The van der Waals surface area contributed by atoms with Crippen molar-refractivity contribution in [2.75, 3.05) is 37.7 Å². The van der Waals surface area contributed by atoms with Gasteiger partial charge in [-0.3, -0.25) is 0 Å².